The molecule has 0 spiro atoms. The summed E-state index contributed by atoms with van der Waals surface area (Å²) in [4.78, 5) is 39.7. The number of benzene rings is 1. The molecule has 3 aromatic rings. The van der Waals surface area contributed by atoms with E-state index in [1.165, 1.54) is 24.4 Å². The van der Waals surface area contributed by atoms with Gasteiger partial charge in [0.2, 0.25) is 10.9 Å². The molecule has 6 heteroatoms. The summed E-state index contributed by atoms with van der Waals surface area (Å²) in [6.45, 7) is 2.01. The minimum absolute atomic E-state index is 0.0374. The summed E-state index contributed by atoms with van der Waals surface area (Å²) in [5.74, 6) is -0.674. The summed E-state index contributed by atoms with van der Waals surface area (Å²) in [7, 11) is 0. The lowest BCUT2D eigenvalue weighted by Crippen LogP contribution is -2.17. The zero-order chi connectivity index (χ0) is 18.5. The number of rotatable bonds is 5. The van der Waals surface area contributed by atoms with Gasteiger partial charge in [-0.25, -0.2) is 4.79 Å². The largest absolute Gasteiger partial charge is 0.485 e. The first-order chi connectivity index (χ1) is 12.6. The molecule has 0 radical (unpaired) electrons. The Bertz CT molecular complexity index is 1060. The van der Waals surface area contributed by atoms with Crippen LogP contribution in [-0.2, 0) is 11.3 Å². The van der Waals surface area contributed by atoms with Gasteiger partial charge in [0.25, 0.3) is 0 Å². The van der Waals surface area contributed by atoms with E-state index in [1.54, 1.807) is 6.92 Å². The van der Waals surface area contributed by atoms with Crippen LogP contribution in [0.3, 0.4) is 0 Å². The van der Waals surface area contributed by atoms with Crippen LogP contribution < -0.4 is 15.6 Å². The number of carbonyl (C=O) groups is 1. The molecule has 132 valence electrons. The molecule has 0 bridgehead atoms. The number of fused-ring (bicyclic) bond motifs is 1. The number of H-pyrrole nitrogens is 1. The second-order valence-electron chi connectivity index (χ2n) is 5.56. The average molecular weight is 351 g/mol. The molecule has 0 unspecified atom stereocenters. The van der Waals surface area contributed by atoms with Crippen molar-refractivity contribution in [1.82, 2.24) is 4.98 Å². The van der Waals surface area contributed by atoms with Gasteiger partial charge < -0.3 is 14.5 Å². The van der Waals surface area contributed by atoms with E-state index in [0.29, 0.717) is 5.52 Å². The van der Waals surface area contributed by atoms with Crippen molar-refractivity contribution in [3.63, 3.8) is 0 Å². The second-order valence-corrected chi connectivity index (χ2v) is 5.56. The van der Waals surface area contributed by atoms with Crippen molar-refractivity contribution in [3.05, 3.63) is 86.3 Å². The van der Waals surface area contributed by atoms with Gasteiger partial charge in [-0.2, -0.15) is 0 Å². The van der Waals surface area contributed by atoms with Crippen molar-refractivity contribution in [2.24, 2.45) is 0 Å². The third-order valence-corrected chi connectivity index (χ3v) is 3.80. The lowest BCUT2D eigenvalue weighted by atomic mass is 10.2. The number of hydrogen-bond donors (Lipinski definition) is 1. The van der Waals surface area contributed by atoms with E-state index in [2.05, 4.69) is 4.98 Å². The Morgan fingerprint density at radius 1 is 1.08 bits per heavy atom. The highest BCUT2D eigenvalue weighted by Crippen LogP contribution is 2.13. The van der Waals surface area contributed by atoms with Gasteiger partial charge in [-0.05, 0) is 30.7 Å². The van der Waals surface area contributed by atoms with Crippen LogP contribution in [0, 0.1) is 0 Å². The molecule has 6 nitrogen and oxygen atoms in total. The molecule has 1 heterocycles. The standard InChI is InChI=1S/C20H17NO5/c1-2-25-20(24)15-11-21-16-8-9-17(22)18(10-14(16)19(15)23)26-12-13-6-4-3-5-7-13/h3-11H,2,12H2,1H3,(H,21,23). The third kappa shape index (κ3) is 3.64. The monoisotopic (exact) mass is 351 g/mol. The van der Waals surface area contributed by atoms with E-state index in [9.17, 15) is 14.4 Å². The smallest absolute Gasteiger partial charge is 0.343 e. The van der Waals surface area contributed by atoms with E-state index in [4.69, 9.17) is 9.47 Å². The van der Waals surface area contributed by atoms with Crippen LogP contribution in [0.25, 0.3) is 10.9 Å². The molecular weight excluding hydrogens is 334 g/mol. The maximum Gasteiger partial charge on any atom is 0.343 e. The van der Waals surface area contributed by atoms with Gasteiger partial charge in [-0.15, -0.1) is 0 Å². The summed E-state index contributed by atoms with van der Waals surface area (Å²) in [6.07, 6.45) is 1.29. The van der Waals surface area contributed by atoms with Crippen LogP contribution in [-0.4, -0.2) is 17.6 Å². The first kappa shape index (κ1) is 17.4. The average Bonchev–Trinajstić information content (AvgIpc) is 2.81. The van der Waals surface area contributed by atoms with Crippen molar-refractivity contribution in [2.75, 3.05) is 6.61 Å². The van der Waals surface area contributed by atoms with Crippen molar-refractivity contribution >= 4 is 16.9 Å². The Morgan fingerprint density at radius 2 is 1.85 bits per heavy atom. The Hall–Kier alpha value is -3.41. The van der Waals surface area contributed by atoms with Gasteiger partial charge in [0.15, 0.2) is 5.75 Å². The highest BCUT2D eigenvalue weighted by molar-refractivity contribution is 5.93. The number of pyridine rings is 1. The predicted octanol–water partition coefficient (Wildman–Crippen LogP) is 2.64. The molecule has 1 aromatic heterocycles. The second kappa shape index (κ2) is 7.65. The van der Waals surface area contributed by atoms with Crippen LogP contribution in [0.2, 0.25) is 0 Å². The number of hydrogen-bond acceptors (Lipinski definition) is 5. The van der Waals surface area contributed by atoms with E-state index in [0.717, 1.165) is 5.56 Å². The number of aromatic nitrogens is 1. The van der Waals surface area contributed by atoms with Gasteiger partial charge in [-0.1, -0.05) is 30.3 Å². The fourth-order valence-electron chi connectivity index (χ4n) is 2.49. The SMILES string of the molecule is CCOC(=O)c1c[nH]c2ccc(=O)c(OCc3ccccc3)cc2c1=O. The van der Waals surface area contributed by atoms with Crippen LogP contribution in [0.15, 0.2) is 64.3 Å². The molecule has 2 aromatic carbocycles. The minimum Gasteiger partial charge on any atom is -0.485 e. The molecular formula is C20H17NO5. The van der Waals surface area contributed by atoms with E-state index in [-0.39, 0.29) is 35.3 Å². The molecule has 3 rings (SSSR count). The van der Waals surface area contributed by atoms with E-state index >= 15 is 0 Å². The Labute approximate surface area is 149 Å². The van der Waals surface area contributed by atoms with Crippen LogP contribution in [0.4, 0.5) is 0 Å². The molecule has 0 atom stereocenters. The van der Waals surface area contributed by atoms with Crippen LogP contribution in [0.5, 0.6) is 5.75 Å². The molecule has 0 aliphatic rings. The topological polar surface area (TPSA) is 85.5 Å². The Kier molecular flexibility index (Phi) is 5.12. The third-order valence-electron chi connectivity index (χ3n) is 3.80. The molecule has 0 aliphatic heterocycles. The molecule has 0 aliphatic carbocycles. The first-order valence-electron chi connectivity index (χ1n) is 8.13. The van der Waals surface area contributed by atoms with Gasteiger partial charge in [0.05, 0.1) is 12.0 Å². The zero-order valence-electron chi connectivity index (χ0n) is 14.2. The number of esters is 1. The highest BCUT2D eigenvalue weighted by Gasteiger charge is 2.14. The lowest BCUT2D eigenvalue weighted by Gasteiger charge is -2.04. The normalized spacial score (nSPS) is 10.5. The number of nitrogens with one attached hydrogen (secondary N) is 1. The predicted molar refractivity (Wildman–Crippen MR) is 97.6 cm³/mol. The molecule has 1 N–H and O–H groups in total. The van der Waals surface area contributed by atoms with Gasteiger partial charge in [0.1, 0.15) is 12.2 Å². The van der Waals surface area contributed by atoms with Gasteiger partial charge in [-0.3, -0.25) is 9.59 Å². The maximum absolute atomic E-state index is 12.6. The Morgan fingerprint density at radius 3 is 2.58 bits per heavy atom. The zero-order valence-corrected chi connectivity index (χ0v) is 14.2. The molecule has 0 saturated carbocycles. The summed E-state index contributed by atoms with van der Waals surface area (Å²) in [5.41, 5.74) is 0.325. The van der Waals surface area contributed by atoms with Crippen molar-refractivity contribution < 1.29 is 14.3 Å². The maximum atomic E-state index is 12.6. The summed E-state index contributed by atoms with van der Waals surface area (Å²) in [5, 5.41) is 0.181. The number of ether oxygens (including phenoxy) is 2. The fraction of sp³-hybridized carbons (Fsp3) is 0.150. The van der Waals surface area contributed by atoms with Crippen molar-refractivity contribution in [3.8, 4) is 5.75 Å². The van der Waals surface area contributed by atoms with Gasteiger partial charge >= 0.3 is 5.97 Å². The lowest BCUT2D eigenvalue weighted by molar-refractivity contribution is 0.0524. The van der Waals surface area contributed by atoms with E-state index in [1.807, 2.05) is 30.3 Å². The molecule has 0 amide bonds. The quantitative estimate of drug-likeness (QED) is 0.714. The summed E-state index contributed by atoms with van der Waals surface area (Å²) in [6, 6.07) is 13.5. The molecule has 0 fully saturated rings. The van der Waals surface area contributed by atoms with Crippen LogP contribution in [0.1, 0.15) is 22.8 Å². The Balaban J connectivity index is 2.05. The van der Waals surface area contributed by atoms with Crippen LogP contribution >= 0.6 is 0 Å². The molecule has 0 saturated heterocycles. The highest BCUT2D eigenvalue weighted by atomic mass is 16.5. The first-order valence-corrected chi connectivity index (χ1v) is 8.13. The summed E-state index contributed by atoms with van der Waals surface area (Å²) >= 11 is 0. The summed E-state index contributed by atoms with van der Waals surface area (Å²) < 4.78 is 10.5. The number of aromatic amines is 1. The van der Waals surface area contributed by atoms with Crippen molar-refractivity contribution in [2.45, 2.75) is 13.5 Å². The number of carbonyl (C=O) groups excluding carboxylic acids is 1. The van der Waals surface area contributed by atoms with Crippen molar-refractivity contribution in [1.29, 1.82) is 0 Å². The fourth-order valence-corrected chi connectivity index (χ4v) is 2.49. The van der Waals surface area contributed by atoms with Gasteiger partial charge in [0, 0.05) is 11.7 Å². The molecule has 26 heavy (non-hydrogen) atoms. The van der Waals surface area contributed by atoms with E-state index < -0.39 is 11.4 Å². The minimum atomic E-state index is -0.712.